The van der Waals surface area contributed by atoms with Gasteiger partial charge in [-0.2, -0.15) is 4.68 Å². The number of aliphatic hydroxyl groups excluding tert-OH is 1. The first-order chi connectivity index (χ1) is 11.5. The van der Waals surface area contributed by atoms with E-state index in [1.807, 2.05) is 6.92 Å². The second kappa shape index (κ2) is 8.30. The highest BCUT2D eigenvalue weighted by Gasteiger charge is 2.19. The normalized spacial score (nSPS) is 12.9. The van der Waals surface area contributed by atoms with Crippen LogP contribution in [0.1, 0.15) is 31.2 Å². The molecule has 0 saturated heterocycles. The quantitative estimate of drug-likeness (QED) is 0.747. The molecule has 0 bridgehead atoms. The number of nitrogens with zero attached hydrogens (tertiary/aromatic N) is 4. The summed E-state index contributed by atoms with van der Waals surface area (Å²) in [6.45, 7) is 3.59. The molecular formula is C16H20FN5O2. The third-order valence-electron chi connectivity index (χ3n) is 3.57. The summed E-state index contributed by atoms with van der Waals surface area (Å²) in [6, 6.07) is 5.60. The van der Waals surface area contributed by atoms with Gasteiger partial charge in [0.2, 0.25) is 0 Å². The summed E-state index contributed by atoms with van der Waals surface area (Å²) in [5.41, 5.74) is 0.868. The van der Waals surface area contributed by atoms with E-state index in [-0.39, 0.29) is 30.1 Å². The van der Waals surface area contributed by atoms with Gasteiger partial charge in [-0.15, -0.1) is 5.10 Å². The molecule has 128 valence electrons. The van der Waals surface area contributed by atoms with Crippen LogP contribution >= 0.6 is 0 Å². The zero-order valence-electron chi connectivity index (χ0n) is 13.6. The Morgan fingerprint density at radius 1 is 1.42 bits per heavy atom. The summed E-state index contributed by atoms with van der Waals surface area (Å²) in [4.78, 5) is 12.7. The lowest BCUT2D eigenvalue weighted by Crippen LogP contribution is -2.37. The highest BCUT2D eigenvalue weighted by molar-refractivity contribution is 6.18. The molecule has 2 N–H and O–H groups in total. The lowest BCUT2D eigenvalue weighted by atomic mass is 10.1. The zero-order chi connectivity index (χ0) is 17.5. The third kappa shape index (κ3) is 4.45. The lowest BCUT2D eigenvalue weighted by Gasteiger charge is -2.17. The number of carbonyl (C=O) groups excluding carboxylic acids is 1. The number of nitrogens with one attached hydrogen (secondary N) is 1. The van der Waals surface area contributed by atoms with Crippen LogP contribution in [0.2, 0.25) is 0 Å². The second-order valence-corrected chi connectivity index (χ2v) is 5.31. The molecule has 24 heavy (non-hydrogen) atoms. The van der Waals surface area contributed by atoms with Crippen molar-refractivity contribution in [3.8, 4) is 0 Å². The molecule has 0 radical (unpaired) electrons. The summed E-state index contributed by atoms with van der Waals surface area (Å²) in [7, 11) is 0. The Hall–Kier alpha value is -2.61. The van der Waals surface area contributed by atoms with Crippen molar-refractivity contribution in [1.82, 2.24) is 25.5 Å². The first-order valence-electron chi connectivity index (χ1n) is 7.69. The van der Waals surface area contributed by atoms with E-state index in [1.165, 1.54) is 16.8 Å². The van der Waals surface area contributed by atoms with E-state index in [9.17, 15) is 9.18 Å². The minimum absolute atomic E-state index is 0.0142. The molecule has 0 aliphatic heterocycles. The van der Waals surface area contributed by atoms with E-state index < -0.39 is 0 Å². The molecule has 0 saturated carbocycles. The number of aromatic nitrogens is 4. The summed E-state index contributed by atoms with van der Waals surface area (Å²) in [5, 5.41) is 23.1. The Morgan fingerprint density at radius 2 is 2.12 bits per heavy atom. The number of benzene rings is 1. The molecule has 1 unspecified atom stereocenters. The van der Waals surface area contributed by atoms with Gasteiger partial charge >= 0.3 is 0 Å². The Labute approximate surface area is 139 Å². The van der Waals surface area contributed by atoms with Crippen molar-refractivity contribution in [2.45, 2.75) is 32.7 Å². The molecule has 2 aromatic rings. The molecule has 2 rings (SSSR count). The highest BCUT2D eigenvalue weighted by Crippen LogP contribution is 2.14. The fraction of sp³-hybridized carbons (Fsp3) is 0.375. The van der Waals surface area contributed by atoms with Gasteiger partial charge < -0.3 is 10.4 Å². The van der Waals surface area contributed by atoms with Gasteiger partial charge in [0.1, 0.15) is 11.5 Å². The van der Waals surface area contributed by atoms with Crippen molar-refractivity contribution in [2.75, 3.05) is 6.61 Å². The molecular weight excluding hydrogens is 313 g/mol. The molecule has 0 aliphatic rings. The minimum Gasteiger partial charge on any atom is -0.396 e. The number of carbonyl (C=O) groups is 1. The highest BCUT2D eigenvalue weighted by atomic mass is 19.1. The van der Waals surface area contributed by atoms with Crippen LogP contribution in [0.15, 0.2) is 24.3 Å². The van der Waals surface area contributed by atoms with Gasteiger partial charge in [-0.1, -0.05) is 19.1 Å². The summed E-state index contributed by atoms with van der Waals surface area (Å²) in [5.74, 6) is -0.269. The third-order valence-corrected chi connectivity index (χ3v) is 3.57. The molecule has 0 fully saturated rings. The largest absolute Gasteiger partial charge is 0.396 e. The number of rotatable bonds is 7. The number of aryl methyl sites for hydroxylation is 1. The fourth-order valence-corrected chi connectivity index (χ4v) is 2.19. The van der Waals surface area contributed by atoms with Crippen LogP contribution in [0, 0.1) is 12.7 Å². The van der Waals surface area contributed by atoms with Gasteiger partial charge in [0.05, 0.1) is 0 Å². The van der Waals surface area contributed by atoms with Crippen molar-refractivity contribution in [3.63, 3.8) is 0 Å². The van der Waals surface area contributed by atoms with Gasteiger partial charge in [-0.3, -0.25) is 4.79 Å². The first kappa shape index (κ1) is 17.7. The number of amides is 1. The Bertz CT molecular complexity index is 712. The average Bonchev–Trinajstić information content (AvgIpc) is 2.99. The molecule has 8 heteroatoms. The van der Waals surface area contributed by atoms with E-state index in [2.05, 4.69) is 20.8 Å². The van der Waals surface area contributed by atoms with Crippen LogP contribution in [0.25, 0.3) is 11.8 Å². The average molecular weight is 333 g/mol. The Kier molecular flexibility index (Phi) is 6.14. The number of halogens is 1. The first-order valence-corrected chi connectivity index (χ1v) is 7.69. The molecule has 0 aliphatic carbocycles. The molecule has 1 atom stereocenters. The van der Waals surface area contributed by atoms with Crippen LogP contribution in [-0.4, -0.2) is 43.9 Å². The predicted molar refractivity (Wildman–Crippen MR) is 87.0 cm³/mol. The van der Waals surface area contributed by atoms with Gasteiger partial charge in [0.15, 0.2) is 5.82 Å². The maximum atomic E-state index is 13.1. The van der Waals surface area contributed by atoms with E-state index >= 15 is 0 Å². The SMILES string of the molecule is CCC(CCO)NC(=O)/C(=C/c1ccc(F)cc1)n1nnnc1C. The van der Waals surface area contributed by atoms with Crippen molar-refractivity contribution in [2.24, 2.45) is 0 Å². The standard InChI is InChI=1S/C16H20FN5O2/c1-3-14(8-9-23)18-16(24)15(22-11(2)19-20-21-22)10-12-4-6-13(17)7-5-12/h4-7,10,14,23H,3,8-9H2,1-2H3,(H,18,24)/b15-10-. The Morgan fingerprint density at radius 3 is 2.67 bits per heavy atom. The summed E-state index contributed by atoms with van der Waals surface area (Å²) < 4.78 is 14.4. The van der Waals surface area contributed by atoms with E-state index in [0.29, 0.717) is 24.2 Å². The van der Waals surface area contributed by atoms with Crippen molar-refractivity contribution in [3.05, 3.63) is 41.5 Å². The molecule has 1 amide bonds. The van der Waals surface area contributed by atoms with Gasteiger partial charge in [-0.25, -0.2) is 4.39 Å². The lowest BCUT2D eigenvalue weighted by molar-refractivity contribution is -0.116. The van der Waals surface area contributed by atoms with Crippen molar-refractivity contribution < 1.29 is 14.3 Å². The smallest absolute Gasteiger partial charge is 0.270 e. The number of tetrazole rings is 1. The fourth-order valence-electron chi connectivity index (χ4n) is 2.19. The van der Waals surface area contributed by atoms with Crippen LogP contribution in [0.4, 0.5) is 4.39 Å². The van der Waals surface area contributed by atoms with Gasteiger partial charge in [0.25, 0.3) is 5.91 Å². The van der Waals surface area contributed by atoms with E-state index in [1.54, 1.807) is 25.1 Å². The van der Waals surface area contributed by atoms with Crippen LogP contribution in [-0.2, 0) is 4.79 Å². The topological polar surface area (TPSA) is 92.9 Å². The number of hydrogen-bond acceptors (Lipinski definition) is 5. The van der Waals surface area contributed by atoms with Crippen LogP contribution < -0.4 is 5.32 Å². The molecule has 1 aromatic carbocycles. The van der Waals surface area contributed by atoms with Gasteiger partial charge in [0, 0.05) is 12.6 Å². The van der Waals surface area contributed by atoms with Crippen LogP contribution in [0.3, 0.4) is 0 Å². The number of hydrogen-bond donors (Lipinski definition) is 2. The minimum atomic E-state index is -0.366. The maximum absolute atomic E-state index is 13.1. The summed E-state index contributed by atoms with van der Waals surface area (Å²) in [6.07, 6.45) is 2.73. The second-order valence-electron chi connectivity index (χ2n) is 5.31. The van der Waals surface area contributed by atoms with E-state index in [4.69, 9.17) is 5.11 Å². The predicted octanol–water partition coefficient (Wildman–Crippen LogP) is 1.40. The molecule has 0 spiro atoms. The zero-order valence-corrected chi connectivity index (χ0v) is 13.6. The van der Waals surface area contributed by atoms with Crippen molar-refractivity contribution in [1.29, 1.82) is 0 Å². The maximum Gasteiger partial charge on any atom is 0.270 e. The van der Waals surface area contributed by atoms with Crippen molar-refractivity contribution >= 4 is 17.7 Å². The van der Waals surface area contributed by atoms with Crippen LogP contribution in [0.5, 0.6) is 0 Å². The molecule has 7 nitrogen and oxygen atoms in total. The molecule has 1 heterocycles. The van der Waals surface area contributed by atoms with E-state index in [0.717, 1.165) is 0 Å². The van der Waals surface area contributed by atoms with Gasteiger partial charge in [-0.05, 0) is 54.0 Å². The Balaban J connectivity index is 2.34. The monoisotopic (exact) mass is 333 g/mol. The number of aliphatic hydroxyl groups is 1. The summed E-state index contributed by atoms with van der Waals surface area (Å²) >= 11 is 0. The molecule has 1 aromatic heterocycles.